The Morgan fingerprint density at radius 1 is 1.39 bits per heavy atom. The van der Waals surface area contributed by atoms with E-state index in [1.165, 1.54) is 5.56 Å². The molecule has 1 unspecified atom stereocenters. The van der Waals surface area contributed by atoms with Crippen LogP contribution in [0.1, 0.15) is 23.4 Å². The number of thioether (sulfide) groups is 2. The molecule has 0 saturated heterocycles. The molecule has 0 radical (unpaired) electrons. The number of hydrogen-bond donors (Lipinski definition) is 0. The van der Waals surface area contributed by atoms with Crippen LogP contribution in [0.15, 0.2) is 45.2 Å². The van der Waals surface area contributed by atoms with E-state index in [9.17, 15) is 4.79 Å². The third-order valence-electron chi connectivity index (χ3n) is 3.82. The summed E-state index contributed by atoms with van der Waals surface area (Å²) in [6.07, 6.45) is 0.883. The van der Waals surface area contributed by atoms with Gasteiger partial charge in [-0.15, -0.1) is 11.8 Å². The number of fused-ring (bicyclic) bond motifs is 1. The van der Waals surface area contributed by atoms with Gasteiger partial charge in [-0.05, 0) is 12.5 Å². The molecule has 1 aliphatic heterocycles. The van der Waals surface area contributed by atoms with Gasteiger partial charge < -0.3 is 4.74 Å². The predicted molar refractivity (Wildman–Crippen MR) is 95.5 cm³/mol. The van der Waals surface area contributed by atoms with E-state index in [0.717, 1.165) is 27.9 Å². The van der Waals surface area contributed by atoms with Crippen LogP contribution in [-0.4, -0.2) is 29.0 Å². The molecular weight excluding hydrogens is 328 g/mol. The van der Waals surface area contributed by atoms with Crippen molar-refractivity contribution in [1.29, 1.82) is 0 Å². The summed E-state index contributed by atoms with van der Waals surface area (Å²) < 4.78 is 6.93. The maximum Gasteiger partial charge on any atom is 0.268 e. The van der Waals surface area contributed by atoms with Crippen molar-refractivity contribution in [2.24, 2.45) is 0 Å². The molecule has 6 heteroatoms. The molecule has 4 nitrogen and oxygen atoms in total. The van der Waals surface area contributed by atoms with Gasteiger partial charge in [0, 0.05) is 24.5 Å². The third kappa shape index (κ3) is 3.65. The summed E-state index contributed by atoms with van der Waals surface area (Å²) >= 11 is 3.26. The lowest BCUT2D eigenvalue weighted by molar-refractivity contribution is 0.182. The van der Waals surface area contributed by atoms with Gasteiger partial charge in [-0.25, -0.2) is 4.98 Å². The van der Waals surface area contributed by atoms with Crippen molar-refractivity contribution in [2.75, 3.05) is 19.5 Å². The number of ether oxygens (including phenoxy) is 1. The largest absolute Gasteiger partial charge is 0.383 e. The topological polar surface area (TPSA) is 44.1 Å². The Kier molecular flexibility index (Phi) is 5.46. The maximum atomic E-state index is 12.7. The van der Waals surface area contributed by atoms with E-state index in [-0.39, 0.29) is 10.8 Å². The molecule has 1 atom stereocenters. The standard InChI is InChI=1S/C17H20N2O2S2/c1-12(13-6-4-3-5-7-13)23-17-18-14-8-11-22-15(14)16(20)19(17)9-10-21-2/h3-7,12H,8-11H2,1-2H3. The number of nitrogens with zero attached hydrogens (tertiary/aromatic N) is 2. The number of aryl methyl sites for hydroxylation is 1. The molecule has 0 amide bonds. The van der Waals surface area contributed by atoms with Crippen LogP contribution in [0, 0.1) is 0 Å². The summed E-state index contributed by atoms with van der Waals surface area (Å²) in [4.78, 5) is 18.3. The van der Waals surface area contributed by atoms with Crippen molar-refractivity contribution in [2.45, 2.75) is 35.2 Å². The summed E-state index contributed by atoms with van der Waals surface area (Å²) in [6, 6.07) is 10.3. The smallest absolute Gasteiger partial charge is 0.268 e. The van der Waals surface area contributed by atoms with Crippen molar-refractivity contribution in [3.8, 4) is 0 Å². The van der Waals surface area contributed by atoms with Gasteiger partial charge in [-0.2, -0.15) is 0 Å². The van der Waals surface area contributed by atoms with Crippen LogP contribution in [0.2, 0.25) is 0 Å². The van der Waals surface area contributed by atoms with E-state index in [1.807, 2.05) is 18.2 Å². The molecule has 1 aromatic heterocycles. The molecule has 0 N–H and O–H groups in total. The highest BCUT2D eigenvalue weighted by atomic mass is 32.2. The fourth-order valence-corrected chi connectivity index (χ4v) is 4.66. The first-order valence-corrected chi connectivity index (χ1v) is 9.54. The molecular formula is C17H20N2O2S2. The van der Waals surface area contributed by atoms with E-state index in [4.69, 9.17) is 9.72 Å². The lowest BCUT2D eigenvalue weighted by atomic mass is 10.2. The molecule has 0 spiro atoms. The molecule has 0 bridgehead atoms. The maximum absolute atomic E-state index is 12.7. The summed E-state index contributed by atoms with van der Waals surface area (Å²) in [6.45, 7) is 3.20. The molecule has 2 heterocycles. The van der Waals surface area contributed by atoms with Crippen LogP contribution in [0.4, 0.5) is 0 Å². The zero-order valence-electron chi connectivity index (χ0n) is 13.3. The Bertz CT molecular complexity index is 731. The van der Waals surface area contributed by atoms with Gasteiger partial charge in [-0.1, -0.05) is 42.1 Å². The number of methoxy groups -OCH3 is 1. The first-order valence-electron chi connectivity index (χ1n) is 7.67. The van der Waals surface area contributed by atoms with E-state index in [0.29, 0.717) is 13.2 Å². The van der Waals surface area contributed by atoms with E-state index in [2.05, 4.69) is 19.1 Å². The first kappa shape index (κ1) is 16.6. The van der Waals surface area contributed by atoms with Gasteiger partial charge in [0.15, 0.2) is 5.16 Å². The van der Waals surface area contributed by atoms with Crippen molar-refractivity contribution in [3.05, 3.63) is 51.9 Å². The number of hydrogen-bond acceptors (Lipinski definition) is 5. The number of rotatable bonds is 6. The Morgan fingerprint density at radius 2 is 2.17 bits per heavy atom. The lowest BCUT2D eigenvalue weighted by Gasteiger charge is -2.16. The quantitative estimate of drug-likeness (QED) is 0.591. The fraction of sp³-hybridized carbons (Fsp3) is 0.412. The normalized spacial score (nSPS) is 14.7. The molecule has 122 valence electrons. The Hall–Kier alpha value is -1.24. The Labute approximate surface area is 144 Å². The summed E-state index contributed by atoms with van der Waals surface area (Å²) in [7, 11) is 1.65. The fourth-order valence-electron chi connectivity index (χ4n) is 2.54. The van der Waals surface area contributed by atoms with Gasteiger partial charge in [0.25, 0.3) is 5.56 Å². The van der Waals surface area contributed by atoms with Gasteiger partial charge in [0.1, 0.15) is 0 Å². The molecule has 1 aromatic carbocycles. The van der Waals surface area contributed by atoms with Crippen molar-refractivity contribution in [1.82, 2.24) is 9.55 Å². The predicted octanol–water partition coefficient (Wildman–Crippen LogP) is 3.39. The van der Waals surface area contributed by atoms with Gasteiger partial charge in [0.2, 0.25) is 0 Å². The number of aromatic nitrogens is 2. The second-order valence-corrected chi connectivity index (χ2v) is 7.80. The van der Waals surface area contributed by atoms with E-state index >= 15 is 0 Å². The average molecular weight is 348 g/mol. The van der Waals surface area contributed by atoms with Crippen LogP contribution in [0.25, 0.3) is 0 Å². The van der Waals surface area contributed by atoms with Crippen molar-refractivity contribution in [3.63, 3.8) is 0 Å². The molecule has 0 aliphatic carbocycles. The third-order valence-corrected chi connectivity index (χ3v) is 6.07. The lowest BCUT2D eigenvalue weighted by Crippen LogP contribution is -2.27. The molecule has 0 saturated carbocycles. The van der Waals surface area contributed by atoms with Gasteiger partial charge in [-0.3, -0.25) is 9.36 Å². The van der Waals surface area contributed by atoms with E-state index < -0.39 is 0 Å². The van der Waals surface area contributed by atoms with Crippen LogP contribution < -0.4 is 5.56 Å². The minimum absolute atomic E-state index is 0.0808. The molecule has 3 rings (SSSR count). The monoisotopic (exact) mass is 348 g/mol. The molecule has 2 aromatic rings. The summed E-state index contributed by atoms with van der Waals surface area (Å²) in [5, 5.41) is 1.04. The van der Waals surface area contributed by atoms with Crippen LogP contribution in [0.5, 0.6) is 0 Å². The van der Waals surface area contributed by atoms with Gasteiger partial charge in [0.05, 0.1) is 23.7 Å². The second-order valence-electron chi connectivity index (χ2n) is 5.39. The van der Waals surface area contributed by atoms with Crippen molar-refractivity contribution >= 4 is 23.5 Å². The highest BCUT2D eigenvalue weighted by Gasteiger charge is 2.22. The van der Waals surface area contributed by atoms with Crippen LogP contribution in [-0.2, 0) is 17.7 Å². The SMILES string of the molecule is COCCn1c(SC(C)c2ccccc2)nc2c(c1=O)SCC2. The minimum Gasteiger partial charge on any atom is -0.383 e. The number of benzene rings is 1. The van der Waals surface area contributed by atoms with Crippen molar-refractivity contribution < 1.29 is 4.74 Å². The van der Waals surface area contributed by atoms with E-state index in [1.54, 1.807) is 35.2 Å². The zero-order valence-corrected chi connectivity index (χ0v) is 15.0. The summed E-state index contributed by atoms with van der Waals surface area (Å²) in [5.74, 6) is 0.949. The zero-order chi connectivity index (χ0) is 16.2. The second kappa shape index (κ2) is 7.55. The molecule has 1 aliphatic rings. The molecule has 23 heavy (non-hydrogen) atoms. The van der Waals surface area contributed by atoms with Crippen LogP contribution in [0.3, 0.4) is 0 Å². The van der Waals surface area contributed by atoms with Crippen LogP contribution >= 0.6 is 23.5 Å². The minimum atomic E-state index is 0.0808. The highest BCUT2D eigenvalue weighted by Crippen LogP contribution is 2.35. The Balaban J connectivity index is 1.94. The Morgan fingerprint density at radius 3 is 2.91 bits per heavy atom. The molecule has 0 fully saturated rings. The average Bonchev–Trinajstić information content (AvgIpc) is 3.04. The summed E-state index contributed by atoms with van der Waals surface area (Å²) in [5.41, 5.74) is 2.27. The van der Waals surface area contributed by atoms with Gasteiger partial charge >= 0.3 is 0 Å². The highest BCUT2D eigenvalue weighted by molar-refractivity contribution is 7.99. The first-order chi connectivity index (χ1) is 11.2.